The molecule has 0 radical (unpaired) electrons. The van der Waals surface area contributed by atoms with Crippen LogP contribution in [0.1, 0.15) is 6.04 Å². The lowest BCUT2D eigenvalue weighted by atomic mass is 10.1. The van der Waals surface area contributed by atoms with Crippen LogP contribution in [0.4, 0.5) is 0 Å². The fraction of sp³-hybridized carbons (Fsp3) is 0.300. The molecule has 3 nitrogen and oxygen atoms in total. The SMILES string of the molecule is c1cc2ccnc-2n(C2CNC2)c1. The Balaban J connectivity index is 2.13. The minimum atomic E-state index is 0.596. The van der Waals surface area contributed by atoms with E-state index in [2.05, 4.69) is 39.3 Å². The van der Waals surface area contributed by atoms with E-state index >= 15 is 0 Å². The van der Waals surface area contributed by atoms with Crippen molar-refractivity contribution >= 4 is 0 Å². The van der Waals surface area contributed by atoms with Crippen LogP contribution in [0.25, 0.3) is 11.4 Å². The summed E-state index contributed by atoms with van der Waals surface area (Å²) in [6.07, 6.45) is 3.98. The first-order valence-electron chi connectivity index (χ1n) is 4.57. The standard InChI is InChI=1S/C10H11N3/c1-2-8-3-4-12-10(8)13(5-1)9-6-11-7-9/h1-5,9,11H,6-7H2. The summed E-state index contributed by atoms with van der Waals surface area (Å²) in [6.45, 7) is 2.13. The predicted molar refractivity (Wildman–Crippen MR) is 50.8 cm³/mol. The maximum absolute atomic E-state index is 4.36. The first-order chi connectivity index (χ1) is 6.45. The van der Waals surface area contributed by atoms with Gasteiger partial charge in [-0.1, -0.05) is 0 Å². The van der Waals surface area contributed by atoms with Crippen LogP contribution in [-0.2, 0) is 0 Å². The number of pyridine rings is 1. The second-order valence-corrected chi connectivity index (χ2v) is 3.45. The summed E-state index contributed by atoms with van der Waals surface area (Å²) in [5, 5.41) is 3.27. The first-order valence-corrected chi connectivity index (χ1v) is 4.57. The molecule has 3 aliphatic heterocycles. The number of fused-ring (bicyclic) bond motifs is 1. The van der Waals surface area contributed by atoms with Crippen molar-refractivity contribution in [3.8, 4) is 11.4 Å². The molecular formula is C10H11N3. The summed E-state index contributed by atoms with van der Waals surface area (Å²) in [4.78, 5) is 4.36. The van der Waals surface area contributed by atoms with Crippen molar-refractivity contribution in [2.75, 3.05) is 13.1 Å². The van der Waals surface area contributed by atoms with E-state index in [1.54, 1.807) is 0 Å². The summed E-state index contributed by atoms with van der Waals surface area (Å²) in [7, 11) is 0. The van der Waals surface area contributed by atoms with Crippen LogP contribution in [0, 0.1) is 0 Å². The smallest absolute Gasteiger partial charge is 0.140 e. The largest absolute Gasteiger partial charge is 0.327 e. The number of nitrogens with zero attached hydrogens (tertiary/aromatic N) is 2. The Hall–Kier alpha value is -1.35. The van der Waals surface area contributed by atoms with E-state index in [-0.39, 0.29) is 0 Å². The fourth-order valence-electron chi connectivity index (χ4n) is 1.76. The lowest BCUT2D eigenvalue weighted by Gasteiger charge is -2.31. The van der Waals surface area contributed by atoms with Crippen molar-refractivity contribution in [1.29, 1.82) is 0 Å². The normalized spacial score (nSPS) is 17.5. The molecule has 3 aliphatic rings. The van der Waals surface area contributed by atoms with E-state index in [0.29, 0.717) is 6.04 Å². The van der Waals surface area contributed by atoms with E-state index in [4.69, 9.17) is 0 Å². The lowest BCUT2D eigenvalue weighted by Crippen LogP contribution is -2.43. The number of hydrogen-bond acceptors (Lipinski definition) is 2. The Labute approximate surface area is 76.7 Å². The van der Waals surface area contributed by atoms with Crippen LogP contribution < -0.4 is 5.32 Å². The molecule has 0 unspecified atom stereocenters. The van der Waals surface area contributed by atoms with Gasteiger partial charge in [-0.3, -0.25) is 0 Å². The Morgan fingerprint density at radius 3 is 3.08 bits per heavy atom. The topological polar surface area (TPSA) is 29.9 Å². The molecule has 13 heavy (non-hydrogen) atoms. The monoisotopic (exact) mass is 173 g/mol. The lowest BCUT2D eigenvalue weighted by molar-refractivity contribution is 0.343. The number of nitrogens with one attached hydrogen (secondary N) is 1. The molecule has 0 spiro atoms. The summed E-state index contributed by atoms with van der Waals surface area (Å²) in [5.74, 6) is 1.11. The van der Waals surface area contributed by atoms with Gasteiger partial charge in [-0.05, 0) is 18.2 Å². The van der Waals surface area contributed by atoms with Gasteiger partial charge < -0.3 is 9.88 Å². The van der Waals surface area contributed by atoms with Crippen molar-refractivity contribution < 1.29 is 0 Å². The zero-order chi connectivity index (χ0) is 8.67. The molecule has 3 heterocycles. The number of hydrogen-bond donors (Lipinski definition) is 1. The quantitative estimate of drug-likeness (QED) is 0.700. The Bertz CT molecular complexity index is 389. The van der Waals surface area contributed by atoms with Crippen LogP contribution in [0.5, 0.6) is 0 Å². The summed E-state index contributed by atoms with van der Waals surface area (Å²) in [5.41, 5.74) is 1.23. The summed E-state index contributed by atoms with van der Waals surface area (Å²) >= 11 is 0. The highest BCUT2D eigenvalue weighted by molar-refractivity contribution is 5.57. The highest BCUT2D eigenvalue weighted by Crippen LogP contribution is 2.24. The van der Waals surface area contributed by atoms with Crippen molar-refractivity contribution in [2.45, 2.75) is 6.04 Å². The molecule has 0 saturated carbocycles. The molecule has 0 aromatic carbocycles. The first kappa shape index (κ1) is 7.09. The second kappa shape index (κ2) is 2.57. The zero-order valence-electron chi connectivity index (χ0n) is 7.27. The van der Waals surface area contributed by atoms with Gasteiger partial charge in [0.2, 0.25) is 0 Å². The molecule has 0 bridgehead atoms. The van der Waals surface area contributed by atoms with Crippen molar-refractivity contribution in [1.82, 2.24) is 14.9 Å². The van der Waals surface area contributed by atoms with Gasteiger partial charge in [-0.2, -0.15) is 0 Å². The maximum Gasteiger partial charge on any atom is 0.140 e. The van der Waals surface area contributed by atoms with E-state index in [1.807, 2.05) is 6.20 Å². The summed E-state index contributed by atoms with van der Waals surface area (Å²) in [6, 6.07) is 6.84. The molecule has 1 N–H and O–H groups in total. The van der Waals surface area contributed by atoms with Gasteiger partial charge in [0.05, 0.1) is 6.04 Å². The third kappa shape index (κ3) is 0.971. The maximum atomic E-state index is 4.36. The second-order valence-electron chi connectivity index (χ2n) is 3.45. The minimum absolute atomic E-state index is 0.596. The van der Waals surface area contributed by atoms with E-state index < -0.39 is 0 Å². The molecule has 0 amide bonds. The van der Waals surface area contributed by atoms with Crippen LogP contribution in [-0.4, -0.2) is 22.6 Å². The van der Waals surface area contributed by atoms with Gasteiger partial charge in [-0.15, -0.1) is 0 Å². The van der Waals surface area contributed by atoms with Gasteiger partial charge >= 0.3 is 0 Å². The van der Waals surface area contributed by atoms with Gasteiger partial charge in [0.25, 0.3) is 0 Å². The predicted octanol–water partition coefficient (Wildman–Crippen LogP) is 1.13. The van der Waals surface area contributed by atoms with Crippen LogP contribution in [0.2, 0.25) is 0 Å². The number of rotatable bonds is 1. The highest BCUT2D eigenvalue weighted by Gasteiger charge is 2.21. The van der Waals surface area contributed by atoms with Crippen LogP contribution in [0.15, 0.2) is 30.6 Å². The van der Waals surface area contributed by atoms with Crippen molar-refractivity contribution in [3.63, 3.8) is 0 Å². The van der Waals surface area contributed by atoms with E-state index in [9.17, 15) is 0 Å². The van der Waals surface area contributed by atoms with Crippen LogP contribution >= 0.6 is 0 Å². The molecule has 1 fully saturated rings. The Morgan fingerprint density at radius 2 is 2.31 bits per heavy atom. The average molecular weight is 173 g/mol. The van der Waals surface area contributed by atoms with Gasteiger partial charge in [0, 0.05) is 31.0 Å². The minimum Gasteiger partial charge on any atom is -0.327 e. The highest BCUT2D eigenvalue weighted by atomic mass is 15.2. The Morgan fingerprint density at radius 1 is 1.38 bits per heavy atom. The molecule has 3 heteroatoms. The third-order valence-electron chi connectivity index (χ3n) is 2.63. The summed E-state index contributed by atoms with van der Waals surface area (Å²) < 4.78 is 2.26. The molecule has 0 atom stereocenters. The third-order valence-corrected chi connectivity index (χ3v) is 2.63. The zero-order valence-corrected chi connectivity index (χ0v) is 7.27. The van der Waals surface area contributed by atoms with Crippen molar-refractivity contribution in [2.24, 2.45) is 0 Å². The van der Waals surface area contributed by atoms with E-state index in [0.717, 1.165) is 18.9 Å². The fourth-order valence-corrected chi connectivity index (χ4v) is 1.76. The van der Waals surface area contributed by atoms with Crippen molar-refractivity contribution in [3.05, 3.63) is 30.6 Å². The average Bonchev–Trinajstić information content (AvgIpc) is 2.49. The van der Waals surface area contributed by atoms with Crippen LogP contribution in [0.3, 0.4) is 0 Å². The molecular weight excluding hydrogens is 162 g/mol. The van der Waals surface area contributed by atoms with Gasteiger partial charge in [0.1, 0.15) is 5.82 Å². The van der Waals surface area contributed by atoms with E-state index in [1.165, 1.54) is 5.56 Å². The molecule has 0 aromatic heterocycles. The number of aromatic nitrogens is 2. The molecule has 0 aromatic rings. The molecule has 1 saturated heterocycles. The van der Waals surface area contributed by atoms with Gasteiger partial charge in [-0.25, -0.2) is 4.98 Å². The molecule has 66 valence electrons. The molecule has 0 aliphatic carbocycles. The molecule has 3 rings (SSSR count). The van der Waals surface area contributed by atoms with Gasteiger partial charge in [0.15, 0.2) is 0 Å². The Kier molecular flexibility index (Phi) is 1.40.